The van der Waals surface area contributed by atoms with Crippen molar-refractivity contribution < 1.29 is 9.53 Å². The van der Waals surface area contributed by atoms with Crippen molar-refractivity contribution in [1.82, 2.24) is 15.1 Å². The van der Waals surface area contributed by atoms with Gasteiger partial charge in [-0.25, -0.2) is 0 Å². The van der Waals surface area contributed by atoms with Crippen molar-refractivity contribution in [3.63, 3.8) is 0 Å². The lowest BCUT2D eigenvalue weighted by atomic mass is 10.1. The first kappa shape index (κ1) is 13.0. The molecule has 0 radical (unpaired) electrons. The van der Waals surface area contributed by atoms with Crippen molar-refractivity contribution in [1.29, 1.82) is 0 Å². The Morgan fingerprint density at radius 2 is 2.30 bits per heavy atom. The van der Waals surface area contributed by atoms with Crippen LogP contribution in [0.3, 0.4) is 0 Å². The summed E-state index contributed by atoms with van der Waals surface area (Å²) in [5, 5.41) is 10.2. The Morgan fingerprint density at radius 1 is 1.50 bits per heavy atom. The molecule has 1 aromatic heterocycles. The minimum Gasteiger partial charge on any atom is -0.452 e. The van der Waals surface area contributed by atoms with Crippen molar-refractivity contribution in [2.24, 2.45) is 7.05 Å². The number of hydrogen-bond acceptors (Lipinski definition) is 4. The second kappa shape index (κ2) is 4.81. The fraction of sp³-hybridized carbons (Fsp3) is 0.231. The molecule has 6 nitrogen and oxygen atoms in total. The molecular weight excluding hydrogens is 280 g/mol. The van der Waals surface area contributed by atoms with E-state index in [1.54, 1.807) is 43.3 Å². The van der Waals surface area contributed by atoms with Gasteiger partial charge in [-0.15, -0.1) is 0 Å². The number of amides is 1. The molecule has 1 unspecified atom stereocenters. The molecule has 20 heavy (non-hydrogen) atoms. The molecule has 1 atom stereocenters. The highest BCUT2D eigenvalue weighted by Gasteiger charge is 2.30. The summed E-state index contributed by atoms with van der Waals surface area (Å²) in [5.41, 5.74) is 1.53. The van der Waals surface area contributed by atoms with E-state index in [1.807, 2.05) is 0 Å². The molecule has 0 saturated heterocycles. The molecule has 1 amide bonds. The number of fused-ring (bicyclic) bond motifs is 1. The van der Waals surface area contributed by atoms with Gasteiger partial charge in [-0.05, 0) is 13.1 Å². The summed E-state index contributed by atoms with van der Waals surface area (Å²) in [6, 6.07) is 3.08. The number of likely N-dealkylation sites (N-methyl/N-ethyl adjacent to an activating group) is 1. The number of benzene rings is 1. The minimum atomic E-state index is -0.380. The molecule has 1 aliphatic heterocycles. The summed E-state index contributed by atoms with van der Waals surface area (Å²) in [7, 11) is 3.53. The Hall–Kier alpha value is -2.05. The number of anilines is 1. The van der Waals surface area contributed by atoms with E-state index in [4.69, 9.17) is 16.3 Å². The largest absolute Gasteiger partial charge is 0.452 e. The van der Waals surface area contributed by atoms with Crippen molar-refractivity contribution in [2.45, 2.75) is 6.04 Å². The van der Waals surface area contributed by atoms with Crippen LogP contribution in [0.1, 0.15) is 11.6 Å². The number of carbonyl (C=O) groups excluding carboxylic acids is 1. The molecule has 2 heterocycles. The maximum absolute atomic E-state index is 11.8. The Morgan fingerprint density at radius 3 is 2.95 bits per heavy atom. The minimum absolute atomic E-state index is 0.0999. The monoisotopic (exact) mass is 292 g/mol. The number of nitrogens with one attached hydrogen (secondary N) is 2. The van der Waals surface area contributed by atoms with Gasteiger partial charge in [-0.1, -0.05) is 11.6 Å². The van der Waals surface area contributed by atoms with E-state index < -0.39 is 0 Å². The molecule has 104 valence electrons. The second-order valence-corrected chi connectivity index (χ2v) is 4.94. The fourth-order valence-electron chi connectivity index (χ4n) is 2.21. The number of nitrogens with zero attached hydrogens (tertiary/aromatic N) is 2. The first-order chi connectivity index (χ1) is 9.58. The van der Waals surface area contributed by atoms with E-state index in [2.05, 4.69) is 15.7 Å². The van der Waals surface area contributed by atoms with Gasteiger partial charge < -0.3 is 15.4 Å². The number of ether oxygens (including phenoxy) is 1. The maximum Gasteiger partial charge on any atom is 0.246 e. The summed E-state index contributed by atoms with van der Waals surface area (Å²) >= 11 is 6.22. The first-order valence-electron chi connectivity index (χ1n) is 6.06. The summed E-state index contributed by atoms with van der Waals surface area (Å²) < 4.78 is 7.31. The van der Waals surface area contributed by atoms with E-state index in [-0.39, 0.29) is 11.9 Å². The van der Waals surface area contributed by atoms with Gasteiger partial charge in [0.2, 0.25) is 5.91 Å². The predicted molar refractivity (Wildman–Crippen MR) is 75.2 cm³/mol. The summed E-state index contributed by atoms with van der Waals surface area (Å²) in [6.45, 7) is 0. The quantitative estimate of drug-likeness (QED) is 0.909. The average molecular weight is 293 g/mol. The van der Waals surface area contributed by atoms with Crippen LogP contribution in [0.2, 0.25) is 5.02 Å². The summed E-state index contributed by atoms with van der Waals surface area (Å²) in [6.07, 6.45) is 3.33. The molecule has 0 fully saturated rings. The van der Waals surface area contributed by atoms with Gasteiger partial charge in [-0.3, -0.25) is 9.48 Å². The molecule has 0 saturated carbocycles. The van der Waals surface area contributed by atoms with E-state index in [0.717, 1.165) is 5.56 Å². The third kappa shape index (κ3) is 2.13. The fourth-order valence-corrected chi connectivity index (χ4v) is 2.42. The second-order valence-electron chi connectivity index (χ2n) is 4.53. The van der Waals surface area contributed by atoms with Crippen LogP contribution in [0.25, 0.3) is 0 Å². The molecule has 0 spiro atoms. The Balaban J connectivity index is 1.95. The van der Waals surface area contributed by atoms with E-state index >= 15 is 0 Å². The Kier molecular flexibility index (Phi) is 3.11. The van der Waals surface area contributed by atoms with Crippen LogP contribution in [0, 0.1) is 0 Å². The van der Waals surface area contributed by atoms with Crippen LogP contribution in [0.4, 0.5) is 5.69 Å². The molecule has 1 aliphatic rings. The SMILES string of the molecule is CNC1C(=O)Nc2cc(Oc3cnn(C)c3)c(Cl)cc21. The highest BCUT2D eigenvalue weighted by Crippen LogP contribution is 2.39. The van der Waals surface area contributed by atoms with Gasteiger partial charge in [-0.2, -0.15) is 5.10 Å². The Labute approximate surface area is 120 Å². The topological polar surface area (TPSA) is 68.2 Å². The molecule has 0 aliphatic carbocycles. The number of aryl methyl sites for hydroxylation is 1. The number of halogens is 1. The van der Waals surface area contributed by atoms with E-state index in [9.17, 15) is 4.79 Å². The molecule has 3 rings (SSSR count). The molecule has 7 heteroatoms. The van der Waals surface area contributed by atoms with Crippen molar-refractivity contribution in [3.8, 4) is 11.5 Å². The van der Waals surface area contributed by atoms with Gasteiger partial charge in [0.05, 0.1) is 17.4 Å². The standard InChI is InChI=1S/C13H13ClN4O2/c1-15-12-8-3-9(14)11(4-10(8)17-13(12)19)20-7-5-16-18(2)6-7/h3-6,12,15H,1-2H3,(H,17,19). The lowest BCUT2D eigenvalue weighted by Crippen LogP contribution is -2.23. The predicted octanol–water partition coefficient (Wildman–Crippen LogP) is 2.08. The lowest BCUT2D eigenvalue weighted by Gasteiger charge is -2.10. The molecule has 2 N–H and O–H groups in total. The van der Waals surface area contributed by atoms with Gasteiger partial charge in [0.15, 0.2) is 5.75 Å². The van der Waals surface area contributed by atoms with Crippen LogP contribution in [0.5, 0.6) is 11.5 Å². The van der Waals surface area contributed by atoms with Crippen molar-refractivity contribution >= 4 is 23.2 Å². The van der Waals surface area contributed by atoms with Crippen LogP contribution in [-0.2, 0) is 11.8 Å². The third-order valence-electron chi connectivity index (χ3n) is 3.13. The van der Waals surface area contributed by atoms with E-state index in [0.29, 0.717) is 22.2 Å². The van der Waals surface area contributed by atoms with Gasteiger partial charge >= 0.3 is 0 Å². The highest BCUT2D eigenvalue weighted by molar-refractivity contribution is 6.32. The number of hydrogen-bond donors (Lipinski definition) is 2. The van der Waals surface area contributed by atoms with Crippen molar-refractivity contribution in [3.05, 3.63) is 35.1 Å². The zero-order chi connectivity index (χ0) is 14.3. The number of rotatable bonds is 3. The third-order valence-corrected chi connectivity index (χ3v) is 3.43. The van der Waals surface area contributed by atoms with Crippen LogP contribution >= 0.6 is 11.6 Å². The van der Waals surface area contributed by atoms with E-state index in [1.165, 1.54) is 0 Å². The van der Waals surface area contributed by atoms with Crippen LogP contribution < -0.4 is 15.4 Å². The Bertz CT molecular complexity index is 683. The lowest BCUT2D eigenvalue weighted by molar-refractivity contribution is -0.117. The molecule has 2 aromatic rings. The zero-order valence-corrected chi connectivity index (χ0v) is 11.7. The summed E-state index contributed by atoms with van der Waals surface area (Å²) in [4.78, 5) is 11.8. The highest BCUT2D eigenvalue weighted by atomic mass is 35.5. The molecule has 1 aromatic carbocycles. The van der Waals surface area contributed by atoms with Gasteiger partial charge in [0.1, 0.15) is 11.8 Å². The number of carbonyl (C=O) groups is 1. The molecule has 0 bridgehead atoms. The first-order valence-corrected chi connectivity index (χ1v) is 6.44. The van der Waals surface area contributed by atoms with Crippen LogP contribution in [0.15, 0.2) is 24.5 Å². The van der Waals surface area contributed by atoms with Gasteiger partial charge in [0.25, 0.3) is 0 Å². The smallest absolute Gasteiger partial charge is 0.246 e. The van der Waals surface area contributed by atoms with Crippen LogP contribution in [-0.4, -0.2) is 22.7 Å². The number of aromatic nitrogens is 2. The molecular formula is C13H13ClN4O2. The normalized spacial score (nSPS) is 16.9. The maximum atomic E-state index is 11.8. The van der Waals surface area contributed by atoms with Crippen molar-refractivity contribution in [2.75, 3.05) is 12.4 Å². The zero-order valence-electron chi connectivity index (χ0n) is 11.0. The summed E-state index contributed by atoms with van der Waals surface area (Å²) in [5.74, 6) is 0.969. The van der Waals surface area contributed by atoms with Gasteiger partial charge in [0, 0.05) is 24.4 Å². The average Bonchev–Trinajstić information content (AvgIpc) is 2.93.